The van der Waals surface area contributed by atoms with Crippen molar-refractivity contribution >= 4 is 32.6 Å². The molecule has 2 fully saturated rings. The number of imidazole rings is 1. The lowest BCUT2D eigenvalue weighted by Gasteiger charge is -2.25. The summed E-state index contributed by atoms with van der Waals surface area (Å²) < 4.78 is 35.3. The Hall–Kier alpha value is -3.02. The van der Waals surface area contributed by atoms with Crippen molar-refractivity contribution in [3.05, 3.63) is 70.1 Å². The van der Waals surface area contributed by atoms with Crippen LogP contribution in [-0.4, -0.2) is 66.8 Å². The fourth-order valence-corrected chi connectivity index (χ4v) is 6.37. The molecule has 0 spiro atoms. The van der Waals surface area contributed by atoms with E-state index in [1.54, 1.807) is 30.3 Å². The van der Waals surface area contributed by atoms with Gasteiger partial charge in [-0.05, 0) is 48.6 Å². The fourth-order valence-electron chi connectivity index (χ4n) is 4.56. The van der Waals surface area contributed by atoms with Gasteiger partial charge in [-0.15, -0.1) is 0 Å². The van der Waals surface area contributed by atoms with E-state index in [0.29, 0.717) is 40.0 Å². The van der Waals surface area contributed by atoms with Gasteiger partial charge in [0.15, 0.2) is 15.5 Å². The van der Waals surface area contributed by atoms with Gasteiger partial charge in [0.25, 0.3) is 0 Å². The Labute approximate surface area is 231 Å². The van der Waals surface area contributed by atoms with E-state index in [0.717, 1.165) is 36.1 Å². The first-order valence-corrected chi connectivity index (χ1v) is 14.9. The Morgan fingerprint density at radius 1 is 0.974 bits per heavy atom. The summed E-state index contributed by atoms with van der Waals surface area (Å²) in [6, 6.07) is 16.2. The molecule has 9 nitrogen and oxygen atoms in total. The van der Waals surface area contributed by atoms with E-state index in [1.807, 2.05) is 24.3 Å². The summed E-state index contributed by atoms with van der Waals surface area (Å²) in [5.74, 6) is 0.201. The number of H-pyrrole nitrogens is 2. The molecule has 6 rings (SSSR count). The number of aliphatic hydroxyl groups excluding tert-OH is 1. The molecule has 0 unspecified atom stereocenters. The topological polar surface area (TPSA) is 134 Å². The van der Waals surface area contributed by atoms with Crippen LogP contribution in [0, 0.1) is 5.92 Å². The maximum atomic E-state index is 12.5. The summed E-state index contributed by atoms with van der Waals surface area (Å²) in [4.78, 5) is 21.5. The van der Waals surface area contributed by atoms with Crippen molar-refractivity contribution in [1.29, 1.82) is 0 Å². The van der Waals surface area contributed by atoms with E-state index < -0.39 is 9.84 Å². The summed E-state index contributed by atoms with van der Waals surface area (Å²) >= 11 is 6.35. The number of ether oxygens (including phenoxy) is 2. The third-order valence-corrected chi connectivity index (χ3v) is 8.99. The Balaban J connectivity index is 0.000000332. The number of hydrogen-bond donors (Lipinski definition) is 3. The molecule has 1 atom stereocenters. The van der Waals surface area contributed by atoms with Gasteiger partial charge in [0.05, 0.1) is 52.8 Å². The molecule has 3 N–H and O–H groups in total. The Morgan fingerprint density at radius 3 is 2.21 bits per heavy atom. The van der Waals surface area contributed by atoms with Crippen molar-refractivity contribution in [1.82, 2.24) is 15.0 Å². The maximum Gasteiger partial charge on any atom is 0.325 e. The number of pyridine rings is 1. The molecule has 2 aromatic heterocycles. The lowest BCUT2D eigenvalue weighted by molar-refractivity contribution is -0.0204. The van der Waals surface area contributed by atoms with Crippen LogP contribution in [0.2, 0.25) is 5.02 Å². The Bertz CT molecular complexity index is 1570. The van der Waals surface area contributed by atoms with Gasteiger partial charge in [0.1, 0.15) is 0 Å². The summed E-state index contributed by atoms with van der Waals surface area (Å²) in [5.41, 5.74) is 3.87. The first-order valence-electron chi connectivity index (χ1n) is 12.8. The van der Waals surface area contributed by atoms with Crippen molar-refractivity contribution in [2.75, 3.05) is 32.2 Å². The van der Waals surface area contributed by atoms with Crippen molar-refractivity contribution in [3.8, 4) is 22.4 Å². The molecule has 0 amide bonds. The number of aliphatic hydroxyl groups is 1. The predicted molar refractivity (Wildman–Crippen MR) is 150 cm³/mol. The van der Waals surface area contributed by atoms with E-state index in [-0.39, 0.29) is 30.1 Å². The van der Waals surface area contributed by atoms with Crippen LogP contribution in [0.4, 0.5) is 0 Å². The number of benzene rings is 2. The number of aromatic amines is 2. The quantitative estimate of drug-likeness (QED) is 0.315. The van der Waals surface area contributed by atoms with Gasteiger partial charge in [-0.2, -0.15) is 0 Å². The van der Waals surface area contributed by atoms with Gasteiger partial charge >= 0.3 is 5.69 Å². The average Bonchev–Trinajstić information content (AvgIpc) is 3.30. The molecule has 0 saturated carbocycles. The highest BCUT2D eigenvalue weighted by atomic mass is 35.5. The molecule has 206 valence electrons. The second kappa shape index (κ2) is 12.0. The van der Waals surface area contributed by atoms with Gasteiger partial charge in [-0.1, -0.05) is 48.0 Å². The second-order valence-corrected chi connectivity index (χ2v) is 12.2. The van der Waals surface area contributed by atoms with Crippen LogP contribution in [0.5, 0.6) is 0 Å². The molecule has 11 heteroatoms. The average molecular weight is 572 g/mol. The molecular formula is C28H30ClN3O6S. The second-order valence-electron chi connectivity index (χ2n) is 9.75. The minimum absolute atomic E-state index is 0.0842. The Morgan fingerprint density at radius 2 is 1.64 bits per heavy atom. The van der Waals surface area contributed by atoms with Crippen molar-refractivity contribution < 1.29 is 23.0 Å². The molecule has 2 aliphatic rings. The Kier molecular flexibility index (Phi) is 8.49. The van der Waals surface area contributed by atoms with E-state index in [4.69, 9.17) is 26.2 Å². The van der Waals surface area contributed by atoms with Gasteiger partial charge < -0.3 is 19.6 Å². The van der Waals surface area contributed by atoms with Crippen LogP contribution in [0.15, 0.2) is 64.3 Å². The number of fused-ring (bicyclic) bond motifs is 1. The van der Waals surface area contributed by atoms with Gasteiger partial charge in [-0.3, -0.25) is 4.98 Å². The standard InChI is InChI=1S/C22H18ClN3O4S.C6H12O2/c23-18-9-19-21(26-22(27)24-19)25-20(18)16-3-1-14(2-4-16)15-5-7-17(8-6-15)31(28,29)12-13-10-30-11-13;7-5-6-3-1-2-4-8-6/h1-9,13H,10-12H2,(H2,24,25,26,27);6-7H,1-5H2/t;6-/m.0/s1. The highest BCUT2D eigenvalue weighted by Crippen LogP contribution is 2.30. The number of hydrogen-bond acceptors (Lipinski definition) is 7. The summed E-state index contributed by atoms with van der Waals surface area (Å²) in [7, 11) is -3.31. The number of aromatic nitrogens is 3. The molecular weight excluding hydrogens is 542 g/mol. The monoisotopic (exact) mass is 571 g/mol. The summed E-state index contributed by atoms with van der Waals surface area (Å²) in [5, 5.41) is 9.00. The first-order chi connectivity index (χ1) is 18.8. The van der Waals surface area contributed by atoms with Crippen molar-refractivity contribution in [2.24, 2.45) is 5.92 Å². The van der Waals surface area contributed by atoms with Gasteiger partial charge in [0, 0.05) is 18.1 Å². The van der Waals surface area contributed by atoms with Gasteiger partial charge in [0.2, 0.25) is 0 Å². The van der Waals surface area contributed by atoms with E-state index in [1.165, 1.54) is 6.42 Å². The SMILES string of the molecule is O=c1[nH]c2cc(Cl)c(-c3ccc(-c4ccc(S(=O)(=O)CC5COC5)cc4)cc3)nc2[nH]1.OC[C@@H]1CCCCO1. The normalized spacial score (nSPS) is 17.8. The molecule has 4 aromatic rings. The maximum absolute atomic E-state index is 12.5. The van der Waals surface area contributed by atoms with Crippen molar-refractivity contribution in [3.63, 3.8) is 0 Å². The van der Waals surface area contributed by atoms with E-state index >= 15 is 0 Å². The molecule has 4 heterocycles. The number of rotatable bonds is 6. The van der Waals surface area contributed by atoms with Crippen LogP contribution in [-0.2, 0) is 19.3 Å². The number of nitrogens with zero attached hydrogens (tertiary/aromatic N) is 1. The first kappa shape index (κ1) is 27.5. The molecule has 0 radical (unpaired) electrons. The summed E-state index contributed by atoms with van der Waals surface area (Å²) in [6.07, 6.45) is 3.56. The number of sulfone groups is 1. The van der Waals surface area contributed by atoms with Crippen LogP contribution in [0.25, 0.3) is 33.5 Å². The minimum atomic E-state index is -3.31. The molecule has 39 heavy (non-hydrogen) atoms. The highest BCUT2D eigenvalue weighted by Gasteiger charge is 2.26. The zero-order valence-electron chi connectivity index (χ0n) is 21.2. The number of halogens is 1. The lowest BCUT2D eigenvalue weighted by atomic mass is 10.0. The highest BCUT2D eigenvalue weighted by molar-refractivity contribution is 7.91. The largest absolute Gasteiger partial charge is 0.394 e. The van der Waals surface area contributed by atoms with Crippen LogP contribution >= 0.6 is 11.6 Å². The smallest absolute Gasteiger partial charge is 0.325 e. The molecule has 0 bridgehead atoms. The van der Waals surface area contributed by atoms with Gasteiger partial charge in [-0.25, -0.2) is 18.2 Å². The zero-order valence-corrected chi connectivity index (χ0v) is 22.8. The predicted octanol–water partition coefficient (Wildman–Crippen LogP) is 4.21. The van der Waals surface area contributed by atoms with Crippen LogP contribution in [0.1, 0.15) is 19.3 Å². The van der Waals surface area contributed by atoms with Crippen LogP contribution in [0.3, 0.4) is 0 Å². The zero-order chi connectivity index (χ0) is 27.4. The van der Waals surface area contributed by atoms with Crippen molar-refractivity contribution in [2.45, 2.75) is 30.3 Å². The lowest BCUT2D eigenvalue weighted by Crippen LogP contribution is -2.33. The molecule has 2 aromatic carbocycles. The third kappa shape index (κ3) is 6.59. The minimum Gasteiger partial charge on any atom is -0.394 e. The van der Waals surface area contributed by atoms with E-state index in [2.05, 4.69) is 15.0 Å². The third-order valence-electron chi connectivity index (χ3n) is 6.80. The fraction of sp³-hybridized carbons (Fsp3) is 0.357. The summed E-state index contributed by atoms with van der Waals surface area (Å²) in [6.45, 7) is 2.05. The molecule has 0 aliphatic carbocycles. The molecule has 2 aliphatic heterocycles. The molecule has 2 saturated heterocycles. The van der Waals surface area contributed by atoms with E-state index in [9.17, 15) is 13.2 Å². The number of nitrogens with one attached hydrogen (secondary N) is 2. The van der Waals surface area contributed by atoms with Crippen LogP contribution < -0.4 is 5.69 Å².